The second-order valence-corrected chi connectivity index (χ2v) is 3.84. The number of benzene rings is 1. The predicted octanol–water partition coefficient (Wildman–Crippen LogP) is 0.505. The van der Waals surface area contributed by atoms with Gasteiger partial charge in [0.25, 0.3) is 0 Å². The Kier molecular flexibility index (Phi) is 5.26. The highest BCUT2D eigenvalue weighted by atomic mass is 19.1. The van der Waals surface area contributed by atoms with Crippen LogP contribution in [0.25, 0.3) is 0 Å². The molecule has 0 aliphatic carbocycles. The molecule has 18 heavy (non-hydrogen) atoms. The van der Waals surface area contributed by atoms with Gasteiger partial charge in [-0.25, -0.2) is 4.39 Å². The minimum absolute atomic E-state index is 0.0747. The monoisotopic (exact) mass is 254 g/mol. The number of carbonyl (C=O) groups excluding carboxylic acids is 1. The molecule has 5 nitrogen and oxygen atoms in total. The zero-order valence-electron chi connectivity index (χ0n) is 9.94. The minimum atomic E-state index is -1.01. The van der Waals surface area contributed by atoms with Gasteiger partial charge >= 0.3 is 5.97 Å². The predicted molar refractivity (Wildman–Crippen MR) is 63.3 cm³/mol. The Morgan fingerprint density at radius 1 is 1.33 bits per heavy atom. The van der Waals surface area contributed by atoms with E-state index >= 15 is 0 Å². The van der Waals surface area contributed by atoms with Crippen LogP contribution in [0, 0.1) is 5.82 Å². The van der Waals surface area contributed by atoms with Crippen LogP contribution in [0.3, 0.4) is 0 Å². The molecule has 3 N–H and O–H groups in total. The zero-order chi connectivity index (χ0) is 13.5. The summed E-state index contributed by atoms with van der Waals surface area (Å²) in [6.45, 7) is 1.66. The van der Waals surface area contributed by atoms with E-state index in [1.54, 1.807) is 12.1 Å². The molecule has 0 saturated carbocycles. The van der Waals surface area contributed by atoms with Gasteiger partial charge < -0.3 is 10.4 Å². The Labute approximate surface area is 104 Å². The maximum absolute atomic E-state index is 12.6. The van der Waals surface area contributed by atoms with E-state index < -0.39 is 12.0 Å². The summed E-state index contributed by atoms with van der Waals surface area (Å²) in [4.78, 5) is 21.9. The van der Waals surface area contributed by atoms with Crippen LogP contribution in [-0.2, 0) is 16.1 Å². The van der Waals surface area contributed by atoms with Gasteiger partial charge in [-0.2, -0.15) is 0 Å². The molecule has 1 amide bonds. The van der Waals surface area contributed by atoms with Crippen molar-refractivity contribution >= 4 is 11.9 Å². The quantitative estimate of drug-likeness (QED) is 0.691. The standard InChI is InChI=1S/C12H15FN2O3/c1-8(12(17)18)14-7-11(16)15-6-9-2-4-10(13)5-3-9/h2-5,8,14H,6-7H2,1H3,(H,15,16)(H,17,18)/t8-/m1/s1. The summed E-state index contributed by atoms with van der Waals surface area (Å²) in [6.07, 6.45) is 0. The fourth-order valence-corrected chi connectivity index (χ4v) is 1.20. The Hall–Kier alpha value is -1.95. The van der Waals surface area contributed by atoms with Crippen LogP contribution < -0.4 is 10.6 Å². The fraction of sp³-hybridized carbons (Fsp3) is 0.333. The molecular formula is C12H15FN2O3. The molecule has 6 heteroatoms. The highest BCUT2D eigenvalue weighted by molar-refractivity contribution is 5.79. The number of halogens is 1. The molecule has 0 unspecified atom stereocenters. The number of carbonyl (C=O) groups is 2. The molecule has 0 heterocycles. The van der Waals surface area contributed by atoms with Crippen molar-refractivity contribution in [3.05, 3.63) is 35.6 Å². The van der Waals surface area contributed by atoms with Crippen molar-refractivity contribution in [3.63, 3.8) is 0 Å². The van der Waals surface area contributed by atoms with Crippen molar-refractivity contribution in [2.45, 2.75) is 19.5 Å². The summed E-state index contributed by atoms with van der Waals surface area (Å²) >= 11 is 0. The molecule has 1 aromatic carbocycles. The molecule has 0 radical (unpaired) electrons. The van der Waals surface area contributed by atoms with Crippen molar-refractivity contribution in [2.75, 3.05) is 6.54 Å². The molecule has 0 bridgehead atoms. The average Bonchev–Trinajstić information content (AvgIpc) is 2.35. The van der Waals surface area contributed by atoms with E-state index in [1.165, 1.54) is 19.1 Å². The Morgan fingerprint density at radius 2 is 1.94 bits per heavy atom. The number of amides is 1. The zero-order valence-corrected chi connectivity index (χ0v) is 9.94. The molecule has 0 aromatic heterocycles. The summed E-state index contributed by atoms with van der Waals surface area (Å²) in [5.74, 6) is -1.66. The first kappa shape index (κ1) is 14.1. The third-order valence-corrected chi connectivity index (χ3v) is 2.34. The number of aliphatic carboxylic acids is 1. The van der Waals surface area contributed by atoms with Gasteiger partial charge in [-0.1, -0.05) is 12.1 Å². The lowest BCUT2D eigenvalue weighted by Gasteiger charge is -2.09. The molecule has 0 fully saturated rings. The highest BCUT2D eigenvalue weighted by Crippen LogP contribution is 2.01. The van der Waals surface area contributed by atoms with Crippen LogP contribution in [0.1, 0.15) is 12.5 Å². The first-order valence-electron chi connectivity index (χ1n) is 5.46. The third-order valence-electron chi connectivity index (χ3n) is 2.34. The summed E-state index contributed by atoms with van der Waals surface area (Å²) in [5, 5.41) is 13.8. The highest BCUT2D eigenvalue weighted by Gasteiger charge is 2.11. The normalized spacial score (nSPS) is 11.9. The molecule has 98 valence electrons. The van der Waals surface area contributed by atoms with Crippen LogP contribution in [0.5, 0.6) is 0 Å². The van der Waals surface area contributed by atoms with Crippen molar-refractivity contribution in [2.24, 2.45) is 0 Å². The topological polar surface area (TPSA) is 78.4 Å². The third kappa shape index (κ3) is 4.92. The summed E-state index contributed by atoms with van der Waals surface area (Å²) in [6, 6.07) is 4.99. The van der Waals surface area contributed by atoms with Crippen LogP contribution in [0.15, 0.2) is 24.3 Å². The first-order valence-corrected chi connectivity index (χ1v) is 5.46. The molecule has 1 rings (SSSR count). The maximum Gasteiger partial charge on any atom is 0.320 e. The Balaban J connectivity index is 2.29. The minimum Gasteiger partial charge on any atom is -0.480 e. The van der Waals surface area contributed by atoms with Gasteiger partial charge in [-0.15, -0.1) is 0 Å². The van der Waals surface area contributed by atoms with Crippen molar-refractivity contribution < 1.29 is 19.1 Å². The van der Waals surface area contributed by atoms with Gasteiger partial charge in [-0.3, -0.25) is 14.9 Å². The number of hydrogen-bond acceptors (Lipinski definition) is 3. The average molecular weight is 254 g/mol. The lowest BCUT2D eigenvalue weighted by Crippen LogP contribution is -2.41. The van der Waals surface area contributed by atoms with Gasteiger partial charge in [0.2, 0.25) is 5.91 Å². The van der Waals surface area contributed by atoms with Crippen LogP contribution in [0.2, 0.25) is 0 Å². The Morgan fingerprint density at radius 3 is 2.50 bits per heavy atom. The van der Waals surface area contributed by atoms with E-state index in [4.69, 9.17) is 5.11 Å². The number of hydrogen-bond donors (Lipinski definition) is 3. The summed E-state index contributed by atoms with van der Waals surface area (Å²) in [5.41, 5.74) is 0.774. The largest absolute Gasteiger partial charge is 0.480 e. The summed E-state index contributed by atoms with van der Waals surface area (Å²) < 4.78 is 12.6. The first-order chi connectivity index (χ1) is 8.49. The lowest BCUT2D eigenvalue weighted by atomic mass is 10.2. The van der Waals surface area contributed by atoms with E-state index in [0.717, 1.165) is 5.56 Å². The second kappa shape index (κ2) is 6.70. The van der Waals surface area contributed by atoms with E-state index in [1.807, 2.05) is 0 Å². The molecule has 0 saturated heterocycles. The summed E-state index contributed by atoms with van der Waals surface area (Å²) in [7, 11) is 0. The van der Waals surface area contributed by atoms with Gasteiger partial charge in [0.1, 0.15) is 11.9 Å². The van der Waals surface area contributed by atoms with Crippen molar-refractivity contribution in [3.8, 4) is 0 Å². The smallest absolute Gasteiger partial charge is 0.320 e. The van der Waals surface area contributed by atoms with Gasteiger partial charge in [0.05, 0.1) is 6.54 Å². The van der Waals surface area contributed by atoms with Crippen LogP contribution >= 0.6 is 0 Å². The molecule has 1 aromatic rings. The molecule has 0 aliphatic rings. The van der Waals surface area contributed by atoms with Crippen molar-refractivity contribution in [1.82, 2.24) is 10.6 Å². The SMILES string of the molecule is C[C@@H](NCC(=O)NCc1ccc(F)cc1)C(=O)O. The van der Waals surface area contributed by atoms with Crippen LogP contribution in [-0.4, -0.2) is 29.6 Å². The fourth-order valence-electron chi connectivity index (χ4n) is 1.20. The Bertz CT molecular complexity index is 420. The molecule has 0 spiro atoms. The molecule has 1 atom stereocenters. The number of nitrogens with one attached hydrogen (secondary N) is 2. The van der Waals surface area contributed by atoms with E-state index in [0.29, 0.717) is 0 Å². The van der Waals surface area contributed by atoms with Crippen LogP contribution in [0.4, 0.5) is 4.39 Å². The maximum atomic E-state index is 12.6. The number of carboxylic acids is 1. The van der Waals surface area contributed by atoms with E-state index in [2.05, 4.69) is 10.6 Å². The van der Waals surface area contributed by atoms with Gasteiger partial charge in [0, 0.05) is 6.54 Å². The molecular weight excluding hydrogens is 239 g/mol. The van der Waals surface area contributed by atoms with Gasteiger partial charge in [-0.05, 0) is 24.6 Å². The van der Waals surface area contributed by atoms with Crippen molar-refractivity contribution in [1.29, 1.82) is 0 Å². The van der Waals surface area contributed by atoms with E-state index in [9.17, 15) is 14.0 Å². The molecule has 0 aliphatic heterocycles. The van der Waals surface area contributed by atoms with E-state index in [-0.39, 0.29) is 24.8 Å². The number of rotatable bonds is 6. The lowest BCUT2D eigenvalue weighted by molar-refractivity contribution is -0.139. The second-order valence-electron chi connectivity index (χ2n) is 3.84. The van der Waals surface area contributed by atoms with Gasteiger partial charge in [0.15, 0.2) is 0 Å². The number of carboxylic acid groups (broad SMARTS) is 1.